The normalized spacial score (nSPS) is 14.7. The van der Waals surface area contributed by atoms with Gasteiger partial charge in [-0.25, -0.2) is 4.79 Å². The minimum Gasteiger partial charge on any atom is -0.491 e. The molecular formula is C18H28ClNO3. The molecule has 1 aliphatic heterocycles. The lowest BCUT2D eigenvalue weighted by Gasteiger charge is -2.16. The molecule has 0 saturated carbocycles. The maximum Gasteiger partial charge on any atom is 0.338 e. The standard InChI is InChI=1S/C18H27NO3.ClH/c1-13(2)22-16-11-14(3)17(15(4)12-16)18(20)21-10-9-19-7-5-6-8-19;/h11-13H,5-10H2,1-4H3;1H. The van der Waals surface area contributed by atoms with Gasteiger partial charge in [0, 0.05) is 6.54 Å². The fourth-order valence-corrected chi connectivity index (χ4v) is 2.93. The lowest BCUT2D eigenvalue weighted by Crippen LogP contribution is -2.25. The average Bonchev–Trinajstić information content (AvgIpc) is 2.90. The monoisotopic (exact) mass is 341 g/mol. The summed E-state index contributed by atoms with van der Waals surface area (Å²) in [5, 5.41) is 0. The first kappa shape index (κ1) is 19.8. The van der Waals surface area contributed by atoms with Crippen LogP contribution in [0.2, 0.25) is 0 Å². The van der Waals surface area contributed by atoms with Crippen LogP contribution in [0.5, 0.6) is 5.75 Å². The van der Waals surface area contributed by atoms with Gasteiger partial charge in [-0.15, -0.1) is 12.4 Å². The summed E-state index contributed by atoms with van der Waals surface area (Å²) in [6.45, 7) is 11.4. The Balaban J connectivity index is 0.00000264. The van der Waals surface area contributed by atoms with Crippen molar-refractivity contribution in [3.05, 3.63) is 28.8 Å². The average molecular weight is 342 g/mol. The van der Waals surface area contributed by atoms with Crippen LogP contribution in [-0.4, -0.2) is 43.2 Å². The third-order valence-corrected chi connectivity index (χ3v) is 3.92. The molecule has 1 heterocycles. The zero-order valence-electron chi connectivity index (χ0n) is 14.6. The van der Waals surface area contributed by atoms with E-state index in [2.05, 4.69) is 4.90 Å². The van der Waals surface area contributed by atoms with E-state index in [0.717, 1.165) is 36.5 Å². The molecule has 0 amide bonds. The minimum atomic E-state index is -0.231. The van der Waals surface area contributed by atoms with Crippen molar-refractivity contribution in [2.24, 2.45) is 0 Å². The van der Waals surface area contributed by atoms with E-state index in [9.17, 15) is 4.79 Å². The number of aryl methyl sites for hydroxylation is 2. The summed E-state index contributed by atoms with van der Waals surface area (Å²) < 4.78 is 11.2. The van der Waals surface area contributed by atoms with E-state index in [1.54, 1.807) is 0 Å². The number of hydrogen-bond donors (Lipinski definition) is 0. The van der Waals surface area contributed by atoms with Crippen LogP contribution in [0.3, 0.4) is 0 Å². The van der Waals surface area contributed by atoms with Gasteiger partial charge in [-0.3, -0.25) is 4.90 Å². The number of carbonyl (C=O) groups excluding carboxylic acids is 1. The van der Waals surface area contributed by atoms with Crippen molar-refractivity contribution in [3.63, 3.8) is 0 Å². The van der Waals surface area contributed by atoms with E-state index in [-0.39, 0.29) is 24.5 Å². The van der Waals surface area contributed by atoms with Gasteiger partial charge >= 0.3 is 5.97 Å². The van der Waals surface area contributed by atoms with Crippen molar-refractivity contribution in [2.75, 3.05) is 26.2 Å². The van der Waals surface area contributed by atoms with Gasteiger partial charge in [-0.1, -0.05) is 0 Å². The molecule has 130 valence electrons. The van der Waals surface area contributed by atoms with E-state index in [1.807, 2.05) is 39.8 Å². The molecule has 0 unspecified atom stereocenters. The number of likely N-dealkylation sites (tertiary alicyclic amines) is 1. The highest BCUT2D eigenvalue weighted by molar-refractivity contribution is 5.93. The summed E-state index contributed by atoms with van der Waals surface area (Å²) in [7, 11) is 0. The molecule has 0 bridgehead atoms. The van der Waals surface area contributed by atoms with Crippen LogP contribution >= 0.6 is 12.4 Å². The predicted octanol–water partition coefficient (Wildman–Crippen LogP) is 3.77. The van der Waals surface area contributed by atoms with Gasteiger partial charge < -0.3 is 9.47 Å². The Labute approximate surface area is 145 Å². The second-order valence-corrected chi connectivity index (χ2v) is 6.28. The molecule has 5 heteroatoms. The number of halogens is 1. The Morgan fingerprint density at radius 3 is 2.26 bits per heavy atom. The van der Waals surface area contributed by atoms with Crippen molar-refractivity contribution in [1.29, 1.82) is 0 Å². The smallest absolute Gasteiger partial charge is 0.338 e. The highest BCUT2D eigenvalue weighted by Crippen LogP contribution is 2.23. The first-order valence-corrected chi connectivity index (χ1v) is 8.14. The van der Waals surface area contributed by atoms with Gasteiger partial charge in [0.1, 0.15) is 12.4 Å². The quantitative estimate of drug-likeness (QED) is 0.738. The van der Waals surface area contributed by atoms with Crippen molar-refractivity contribution in [2.45, 2.75) is 46.6 Å². The van der Waals surface area contributed by atoms with Gasteiger partial charge in [0.2, 0.25) is 0 Å². The SMILES string of the molecule is Cc1cc(OC(C)C)cc(C)c1C(=O)OCCN1CCCC1.Cl. The molecule has 0 N–H and O–H groups in total. The number of esters is 1. The zero-order chi connectivity index (χ0) is 16.1. The van der Waals surface area contributed by atoms with Gasteiger partial charge in [0.15, 0.2) is 0 Å². The third-order valence-electron chi connectivity index (χ3n) is 3.92. The number of hydrogen-bond acceptors (Lipinski definition) is 4. The second-order valence-electron chi connectivity index (χ2n) is 6.28. The lowest BCUT2D eigenvalue weighted by molar-refractivity contribution is 0.0470. The van der Waals surface area contributed by atoms with Crippen molar-refractivity contribution in [3.8, 4) is 5.75 Å². The van der Waals surface area contributed by atoms with E-state index in [4.69, 9.17) is 9.47 Å². The molecule has 0 spiro atoms. The summed E-state index contributed by atoms with van der Waals surface area (Å²) in [5.41, 5.74) is 2.47. The lowest BCUT2D eigenvalue weighted by atomic mass is 10.0. The van der Waals surface area contributed by atoms with Crippen LogP contribution in [0.4, 0.5) is 0 Å². The molecule has 2 rings (SSSR count). The summed E-state index contributed by atoms with van der Waals surface area (Å²) in [6, 6.07) is 3.81. The number of nitrogens with zero attached hydrogens (tertiary/aromatic N) is 1. The third kappa shape index (κ3) is 5.70. The molecule has 1 aromatic rings. The molecule has 1 aromatic carbocycles. The molecule has 0 aromatic heterocycles. The molecule has 0 radical (unpaired) electrons. The fourth-order valence-electron chi connectivity index (χ4n) is 2.93. The van der Waals surface area contributed by atoms with Crippen molar-refractivity contribution in [1.82, 2.24) is 4.90 Å². The molecule has 4 nitrogen and oxygen atoms in total. The number of carbonyl (C=O) groups is 1. The minimum absolute atomic E-state index is 0. The van der Waals surface area contributed by atoms with E-state index >= 15 is 0 Å². The van der Waals surface area contributed by atoms with E-state index in [1.165, 1.54) is 12.8 Å². The van der Waals surface area contributed by atoms with E-state index in [0.29, 0.717) is 12.2 Å². The van der Waals surface area contributed by atoms with Crippen molar-refractivity contribution >= 4 is 18.4 Å². The molecule has 1 aliphatic rings. The Hall–Kier alpha value is -1.26. The first-order valence-electron chi connectivity index (χ1n) is 8.14. The Morgan fingerprint density at radius 1 is 1.17 bits per heavy atom. The summed E-state index contributed by atoms with van der Waals surface area (Å²) in [4.78, 5) is 14.7. The first-order chi connectivity index (χ1) is 10.5. The Morgan fingerprint density at radius 2 is 1.74 bits per heavy atom. The largest absolute Gasteiger partial charge is 0.491 e. The van der Waals surface area contributed by atoms with Crippen LogP contribution in [-0.2, 0) is 4.74 Å². The van der Waals surface area contributed by atoms with Gasteiger partial charge in [0.05, 0.1) is 11.7 Å². The summed E-state index contributed by atoms with van der Waals surface area (Å²) in [6.07, 6.45) is 2.63. The van der Waals surface area contributed by atoms with Crippen LogP contribution in [0.1, 0.15) is 48.2 Å². The highest BCUT2D eigenvalue weighted by Gasteiger charge is 2.17. The molecule has 0 atom stereocenters. The fraction of sp³-hybridized carbons (Fsp3) is 0.611. The molecule has 23 heavy (non-hydrogen) atoms. The van der Waals surface area contributed by atoms with Gasteiger partial charge in [0.25, 0.3) is 0 Å². The van der Waals surface area contributed by atoms with Crippen LogP contribution < -0.4 is 4.74 Å². The van der Waals surface area contributed by atoms with Gasteiger partial charge in [-0.2, -0.15) is 0 Å². The zero-order valence-corrected chi connectivity index (χ0v) is 15.4. The molecule has 1 fully saturated rings. The Kier molecular flexibility index (Phi) is 7.86. The number of ether oxygens (including phenoxy) is 2. The van der Waals surface area contributed by atoms with Crippen LogP contribution in [0.25, 0.3) is 0 Å². The maximum atomic E-state index is 12.3. The number of rotatable bonds is 6. The second kappa shape index (κ2) is 9.14. The predicted molar refractivity (Wildman–Crippen MR) is 94.9 cm³/mol. The Bertz CT molecular complexity index is 502. The maximum absolute atomic E-state index is 12.3. The molecular weight excluding hydrogens is 314 g/mol. The number of benzene rings is 1. The van der Waals surface area contributed by atoms with Crippen LogP contribution in [0, 0.1) is 13.8 Å². The van der Waals surface area contributed by atoms with E-state index < -0.39 is 0 Å². The van der Waals surface area contributed by atoms with Crippen molar-refractivity contribution < 1.29 is 14.3 Å². The molecule has 1 saturated heterocycles. The summed E-state index contributed by atoms with van der Waals surface area (Å²) in [5.74, 6) is 0.573. The highest BCUT2D eigenvalue weighted by atomic mass is 35.5. The molecule has 0 aliphatic carbocycles. The summed E-state index contributed by atoms with van der Waals surface area (Å²) >= 11 is 0. The van der Waals surface area contributed by atoms with Crippen LogP contribution in [0.15, 0.2) is 12.1 Å². The van der Waals surface area contributed by atoms with Gasteiger partial charge in [-0.05, 0) is 76.9 Å². The topological polar surface area (TPSA) is 38.8 Å².